The van der Waals surface area contributed by atoms with E-state index in [1.165, 1.54) is 36.4 Å². The van der Waals surface area contributed by atoms with E-state index < -0.39 is 23.5 Å². The second-order valence-electron chi connectivity index (χ2n) is 5.56. The van der Waals surface area contributed by atoms with Crippen LogP contribution < -0.4 is 5.32 Å². The third-order valence-corrected chi connectivity index (χ3v) is 3.62. The van der Waals surface area contributed by atoms with Crippen LogP contribution in [0.15, 0.2) is 54.6 Å². The van der Waals surface area contributed by atoms with E-state index in [0.717, 1.165) is 22.9 Å². The lowest BCUT2D eigenvalue weighted by Crippen LogP contribution is -2.17. The van der Waals surface area contributed by atoms with Crippen molar-refractivity contribution in [1.29, 1.82) is 0 Å². The Labute approximate surface area is 146 Å². The smallest absolute Gasteiger partial charge is 0.306 e. The van der Waals surface area contributed by atoms with Crippen molar-refractivity contribution in [2.24, 2.45) is 0 Å². The van der Waals surface area contributed by atoms with Crippen LogP contribution in [-0.2, 0) is 6.18 Å². The number of halogens is 4. The molecule has 0 spiro atoms. The van der Waals surface area contributed by atoms with Gasteiger partial charge in [0.25, 0.3) is 5.91 Å². The Hall–Kier alpha value is -3.16. The lowest BCUT2D eigenvalue weighted by molar-refractivity contribution is -0.137. The molecule has 2 aromatic carbocycles. The summed E-state index contributed by atoms with van der Waals surface area (Å²) in [6.45, 7) is 1.60. The van der Waals surface area contributed by atoms with E-state index >= 15 is 0 Å². The number of aromatic nitrogens is 2. The number of carbonyl (C=O) groups excluding carboxylic acids is 1. The van der Waals surface area contributed by atoms with Crippen LogP contribution in [-0.4, -0.2) is 15.7 Å². The van der Waals surface area contributed by atoms with Gasteiger partial charge in [-0.15, -0.1) is 0 Å². The highest BCUT2D eigenvalue weighted by molar-refractivity contribution is 6.03. The number of carbonyl (C=O) groups is 1. The SMILES string of the molecule is Cc1cc(NC(=O)c2ccc(F)cc2)n(-c2ccccc2C(F)(F)F)n1. The minimum Gasteiger partial charge on any atom is -0.306 e. The summed E-state index contributed by atoms with van der Waals surface area (Å²) in [5.41, 5.74) is -0.486. The van der Waals surface area contributed by atoms with Crippen molar-refractivity contribution in [3.05, 3.63) is 77.2 Å². The van der Waals surface area contributed by atoms with Gasteiger partial charge in [-0.1, -0.05) is 12.1 Å². The molecule has 0 fully saturated rings. The summed E-state index contributed by atoms with van der Waals surface area (Å²) in [5.74, 6) is -1.01. The molecule has 1 N–H and O–H groups in total. The molecule has 0 aliphatic carbocycles. The average molecular weight is 363 g/mol. The van der Waals surface area contributed by atoms with Crippen molar-refractivity contribution in [3.63, 3.8) is 0 Å². The van der Waals surface area contributed by atoms with Gasteiger partial charge in [0, 0.05) is 11.6 Å². The van der Waals surface area contributed by atoms with Crippen molar-refractivity contribution in [2.75, 3.05) is 5.32 Å². The first-order valence-corrected chi connectivity index (χ1v) is 7.56. The molecule has 4 nitrogen and oxygen atoms in total. The number of hydrogen-bond donors (Lipinski definition) is 1. The van der Waals surface area contributed by atoms with Crippen LogP contribution in [0.5, 0.6) is 0 Å². The predicted molar refractivity (Wildman–Crippen MR) is 87.7 cm³/mol. The molecule has 1 heterocycles. The van der Waals surface area contributed by atoms with E-state index in [0.29, 0.717) is 5.69 Å². The molecule has 0 saturated carbocycles. The second-order valence-corrected chi connectivity index (χ2v) is 5.56. The van der Waals surface area contributed by atoms with E-state index in [4.69, 9.17) is 0 Å². The van der Waals surface area contributed by atoms with E-state index in [2.05, 4.69) is 10.4 Å². The van der Waals surface area contributed by atoms with Gasteiger partial charge in [0.1, 0.15) is 11.6 Å². The number of rotatable bonds is 3. The van der Waals surface area contributed by atoms with Gasteiger partial charge >= 0.3 is 6.18 Å². The number of nitrogens with zero attached hydrogens (tertiary/aromatic N) is 2. The summed E-state index contributed by atoms with van der Waals surface area (Å²) < 4.78 is 53.8. The maximum Gasteiger partial charge on any atom is 0.418 e. The van der Waals surface area contributed by atoms with Crippen LogP contribution in [0.1, 0.15) is 21.6 Å². The molecule has 0 aliphatic heterocycles. The van der Waals surface area contributed by atoms with Crippen molar-refractivity contribution in [1.82, 2.24) is 9.78 Å². The molecule has 3 aromatic rings. The van der Waals surface area contributed by atoms with Gasteiger partial charge in [0.15, 0.2) is 0 Å². The number of benzene rings is 2. The van der Waals surface area contributed by atoms with E-state index in [-0.39, 0.29) is 17.1 Å². The lowest BCUT2D eigenvalue weighted by Gasteiger charge is -2.15. The molecule has 0 bridgehead atoms. The summed E-state index contributed by atoms with van der Waals surface area (Å²) in [4.78, 5) is 12.3. The Morgan fingerprint density at radius 2 is 1.73 bits per heavy atom. The summed E-state index contributed by atoms with van der Waals surface area (Å²) in [6, 6.07) is 11.2. The third-order valence-electron chi connectivity index (χ3n) is 3.62. The topological polar surface area (TPSA) is 46.9 Å². The minimum atomic E-state index is -4.57. The first-order valence-electron chi connectivity index (χ1n) is 7.56. The van der Waals surface area contributed by atoms with Crippen LogP contribution in [0.25, 0.3) is 5.69 Å². The number of aryl methyl sites for hydroxylation is 1. The number of alkyl halides is 3. The Bertz CT molecular complexity index is 946. The number of hydrogen-bond acceptors (Lipinski definition) is 2. The average Bonchev–Trinajstić information content (AvgIpc) is 2.95. The Morgan fingerprint density at radius 3 is 2.38 bits per heavy atom. The summed E-state index contributed by atoms with van der Waals surface area (Å²) >= 11 is 0. The second kappa shape index (κ2) is 6.62. The molecule has 134 valence electrons. The van der Waals surface area contributed by atoms with Gasteiger partial charge in [-0.05, 0) is 43.3 Å². The third kappa shape index (κ3) is 3.58. The first kappa shape index (κ1) is 17.7. The largest absolute Gasteiger partial charge is 0.418 e. The number of para-hydroxylation sites is 1. The maximum atomic E-state index is 13.3. The van der Waals surface area contributed by atoms with E-state index in [1.807, 2.05) is 0 Å². The zero-order valence-electron chi connectivity index (χ0n) is 13.5. The molecule has 26 heavy (non-hydrogen) atoms. The fraction of sp³-hybridized carbons (Fsp3) is 0.111. The zero-order chi connectivity index (χ0) is 18.9. The monoisotopic (exact) mass is 363 g/mol. The predicted octanol–water partition coefficient (Wildman–Crippen LogP) is 4.59. The van der Waals surface area contributed by atoms with Crippen molar-refractivity contribution in [2.45, 2.75) is 13.1 Å². The normalized spacial score (nSPS) is 11.4. The molecule has 0 aliphatic rings. The highest BCUT2D eigenvalue weighted by atomic mass is 19.4. The van der Waals surface area contributed by atoms with Gasteiger partial charge in [0.05, 0.1) is 16.9 Å². The van der Waals surface area contributed by atoms with Gasteiger partial charge < -0.3 is 5.32 Å². The minimum absolute atomic E-state index is 0.0773. The van der Waals surface area contributed by atoms with Crippen LogP contribution in [0.4, 0.5) is 23.4 Å². The lowest BCUT2D eigenvalue weighted by atomic mass is 10.1. The summed E-state index contributed by atoms with van der Waals surface area (Å²) in [6.07, 6.45) is -4.57. The quantitative estimate of drug-likeness (QED) is 0.692. The molecular formula is C18H13F4N3O. The van der Waals surface area contributed by atoms with Crippen LogP contribution >= 0.6 is 0 Å². The van der Waals surface area contributed by atoms with Gasteiger partial charge in [-0.3, -0.25) is 4.79 Å². The molecule has 3 rings (SSSR count). The maximum absolute atomic E-state index is 13.3. The highest BCUT2D eigenvalue weighted by Crippen LogP contribution is 2.34. The van der Waals surface area contributed by atoms with Crippen molar-refractivity contribution < 1.29 is 22.4 Å². The number of nitrogens with one attached hydrogen (secondary N) is 1. The van der Waals surface area contributed by atoms with Crippen molar-refractivity contribution >= 4 is 11.7 Å². The molecule has 0 radical (unpaired) electrons. The Balaban J connectivity index is 2.00. The Morgan fingerprint density at radius 1 is 1.08 bits per heavy atom. The zero-order valence-corrected chi connectivity index (χ0v) is 13.5. The van der Waals surface area contributed by atoms with Crippen LogP contribution in [0.2, 0.25) is 0 Å². The standard InChI is InChI=1S/C18H13F4N3O/c1-11-10-16(23-17(26)12-6-8-13(19)9-7-12)25(24-11)15-5-3-2-4-14(15)18(20,21)22/h2-10H,1H3,(H,23,26). The molecule has 8 heteroatoms. The van der Waals surface area contributed by atoms with E-state index in [9.17, 15) is 22.4 Å². The summed E-state index contributed by atoms with van der Waals surface area (Å²) in [7, 11) is 0. The van der Waals surface area contributed by atoms with Crippen LogP contribution in [0, 0.1) is 12.7 Å². The number of amides is 1. The highest BCUT2D eigenvalue weighted by Gasteiger charge is 2.34. The first-order chi connectivity index (χ1) is 12.3. The molecule has 1 amide bonds. The van der Waals surface area contributed by atoms with Gasteiger partial charge in [0.2, 0.25) is 0 Å². The van der Waals surface area contributed by atoms with Gasteiger partial charge in [-0.25, -0.2) is 9.07 Å². The number of anilines is 1. The summed E-state index contributed by atoms with van der Waals surface area (Å²) in [5, 5.41) is 6.57. The molecule has 1 aromatic heterocycles. The fourth-order valence-electron chi connectivity index (χ4n) is 2.46. The molecular weight excluding hydrogens is 350 g/mol. The fourth-order valence-corrected chi connectivity index (χ4v) is 2.46. The molecule has 0 saturated heterocycles. The van der Waals surface area contributed by atoms with Gasteiger partial charge in [-0.2, -0.15) is 18.3 Å². The Kier molecular flexibility index (Phi) is 4.50. The molecule has 0 unspecified atom stereocenters. The molecule has 0 atom stereocenters. The van der Waals surface area contributed by atoms with E-state index in [1.54, 1.807) is 6.92 Å². The van der Waals surface area contributed by atoms with Crippen molar-refractivity contribution in [3.8, 4) is 5.69 Å². The van der Waals surface area contributed by atoms with Crippen LogP contribution in [0.3, 0.4) is 0 Å².